The van der Waals surface area contributed by atoms with E-state index in [1.165, 1.54) is 28.6 Å². The molecule has 1 aromatic heterocycles. The fourth-order valence-electron chi connectivity index (χ4n) is 2.25. The van der Waals surface area contributed by atoms with Crippen LogP contribution in [0.25, 0.3) is 11.4 Å². The number of hydrogen-bond donors (Lipinski definition) is 2. The summed E-state index contributed by atoms with van der Waals surface area (Å²) in [4.78, 5) is 12.0. The van der Waals surface area contributed by atoms with Gasteiger partial charge in [0.25, 0.3) is 0 Å². The fraction of sp³-hybridized carbons (Fsp3) is 0.438. The number of rotatable bonds is 9. The number of benzene rings is 1. The minimum absolute atomic E-state index is 0.0412. The van der Waals surface area contributed by atoms with Crippen molar-refractivity contribution in [3.63, 3.8) is 0 Å². The van der Waals surface area contributed by atoms with E-state index in [0.717, 1.165) is 12.8 Å². The number of aromatic nitrogens is 3. The van der Waals surface area contributed by atoms with Crippen LogP contribution in [0, 0.1) is 0 Å². The smallest absolute Gasteiger partial charge is 0.387 e. The highest BCUT2D eigenvalue weighted by molar-refractivity contribution is 7.99. The van der Waals surface area contributed by atoms with Gasteiger partial charge in [0.1, 0.15) is 5.75 Å². The minimum Gasteiger partial charge on any atom is -0.435 e. The summed E-state index contributed by atoms with van der Waals surface area (Å²) in [5, 5.41) is 11.3. The molecule has 0 spiro atoms. The Morgan fingerprint density at radius 3 is 2.50 bits per heavy atom. The number of nitrogens with zero attached hydrogens (tertiary/aromatic N) is 3. The molecule has 0 bridgehead atoms. The number of nitrogen functional groups attached to an aromatic ring is 1. The zero-order chi connectivity index (χ0) is 19.1. The van der Waals surface area contributed by atoms with E-state index in [4.69, 9.17) is 5.84 Å². The highest BCUT2D eigenvalue weighted by Gasteiger charge is 2.15. The Kier molecular flexibility index (Phi) is 7.19. The number of hydrogen-bond acceptors (Lipinski definition) is 6. The van der Waals surface area contributed by atoms with Crippen LogP contribution in [-0.4, -0.2) is 39.2 Å². The summed E-state index contributed by atoms with van der Waals surface area (Å²) in [7, 11) is 0. The molecule has 0 unspecified atom stereocenters. The molecular formula is C16H21F2N5O2S. The van der Waals surface area contributed by atoms with Crippen LogP contribution in [0.3, 0.4) is 0 Å². The molecule has 0 fully saturated rings. The van der Waals surface area contributed by atoms with Gasteiger partial charge in [-0.05, 0) is 37.1 Å². The summed E-state index contributed by atoms with van der Waals surface area (Å²) in [6.07, 6.45) is 1.74. The van der Waals surface area contributed by atoms with Gasteiger partial charge in [-0.1, -0.05) is 25.6 Å². The zero-order valence-electron chi connectivity index (χ0n) is 14.5. The standard InChI is InChI=1S/C16H21F2N5O2S/c1-3-11(4-2)20-13(24)9-26-16-22-21-14(23(16)19)10-5-7-12(8-6-10)25-15(17)18/h5-8,11,15H,3-4,9,19H2,1-2H3,(H,20,24). The van der Waals surface area contributed by atoms with Crippen molar-refractivity contribution in [3.05, 3.63) is 24.3 Å². The third kappa shape index (κ3) is 5.32. The summed E-state index contributed by atoms with van der Waals surface area (Å²) in [5.74, 6) is 6.46. The van der Waals surface area contributed by atoms with Crippen molar-refractivity contribution in [2.75, 3.05) is 11.6 Å². The van der Waals surface area contributed by atoms with E-state index in [9.17, 15) is 13.6 Å². The lowest BCUT2D eigenvalue weighted by molar-refractivity contribution is -0.119. The second-order valence-corrected chi connectivity index (χ2v) is 6.39. The molecule has 0 radical (unpaired) electrons. The molecule has 1 amide bonds. The van der Waals surface area contributed by atoms with Crippen LogP contribution < -0.4 is 15.9 Å². The van der Waals surface area contributed by atoms with E-state index in [0.29, 0.717) is 16.5 Å². The lowest BCUT2D eigenvalue weighted by Crippen LogP contribution is -2.35. The largest absolute Gasteiger partial charge is 0.435 e. The van der Waals surface area contributed by atoms with Gasteiger partial charge in [-0.2, -0.15) is 8.78 Å². The maximum absolute atomic E-state index is 12.2. The maximum atomic E-state index is 12.2. The predicted octanol–water partition coefficient (Wildman–Crippen LogP) is 2.66. The number of thioether (sulfide) groups is 1. The summed E-state index contributed by atoms with van der Waals surface area (Å²) in [6.45, 7) is 1.15. The molecule has 142 valence electrons. The molecule has 2 aromatic rings. The number of amides is 1. The van der Waals surface area contributed by atoms with Crippen LogP contribution in [0.5, 0.6) is 5.75 Å². The molecule has 1 heterocycles. The molecule has 26 heavy (non-hydrogen) atoms. The molecule has 0 atom stereocenters. The molecule has 1 aromatic carbocycles. The van der Waals surface area contributed by atoms with Crippen molar-refractivity contribution in [1.82, 2.24) is 20.2 Å². The Bertz CT molecular complexity index is 720. The molecule has 0 aliphatic rings. The first kappa shape index (κ1) is 20.0. The summed E-state index contributed by atoms with van der Waals surface area (Å²) in [5.41, 5.74) is 0.593. The molecule has 10 heteroatoms. The minimum atomic E-state index is -2.88. The van der Waals surface area contributed by atoms with E-state index in [-0.39, 0.29) is 23.5 Å². The molecule has 0 aliphatic carbocycles. The first-order valence-electron chi connectivity index (χ1n) is 8.12. The van der Waals surface area contributed by atoms with E-state index < -0.39 is 6.61 Å². The van der Waals surface area contributed by atoms with Crippen molar-refractivity contribution in [3.8, 4) is 17.1 Å². The second-order valence-electron chi connectivity index (χ2n) is 5.45. The Labute approximate surface area is 154 Å². The van der Waals surface area contributed by atoms with Gasteiger partial charge in [-0.3, -0.25) is 4.79 Å². The first-order valence-corrected chi connectivity index (χ1v) is 9.11. The van der Waals surface area contributed by atoms with E-state index in [2.05, 4.69) is 20.3 Å². The Hall–Kier alpha value is -2.36. The highest BCUT2D eigenvalue weighted by atomic mass is 32.2. The average Bonchev–Trinajstić information content (AvgIpc) is 2.98. The normalized spacial score (nSPS) is 11.2. The number of carbonyl (C=O) groups is 1. The monoisotopic (exact) mass is 385 g/mol. The average molecular weight is 385 g/mol. The van der Waals surface area contributed by atoms with Crippen molar-refractivity contribution in [2.45, 2.75) is 44.5 Å². The van der Waals surface area contributed by atoms with Gasteiger partial charge in [0.2, 0.25) is 11.1 Å². The zero-order valence-corrected chi connectivity index (χ0v) is 15.3. The topological polar surface area (TPSA) is 95.1 Å². The lowest BCUT2D eigenvalue weighted by Gasteiger charge is -2.14. The number of carbonyl (C=O) groups excluding carboxylic acids is 1. The van der Waals surface area contributed by atoms with Gasteiger partial charge in [-0.15, -0.1) is 10.2 Å². The fourth-order valence-corrected chi connectivity index (χ4v) is 2.92. The molecular weight excluding hydrogens is 364 g/mol. The molecule has 0 saturated heterocycles. The Balaban J connectivity index is 2.00. The summed E-state index contributed by atoms with van der Waals surface area (Å²) in [6, 6.07) is 6.06. The SMILES string of the molecule is CCC(CC)NC(=O)CSc1nnc(-c2ccc(OC(F)F)cc2)n1N. The molecule has 0 aliphatic heterocycles. The van der Waals surface area contributed by atoms with E-state index in [1.807, 2.05) is 13.8 Å². The van der Waals surface area contributed by atoms with E-state index >= 15 is 0 Å². The molecule has 0 saturated carbocycles. The number of alkyl halides is 2. The van der Waals surface area contributed by atoms with Crippen LogP contribution in [0.15, 0.2) is 29.4 Å². The number of ether oxygens (including phenoxy) is 1. The Morgan fingerprint density at radius 2 is 1.92 bits per heavy atom. The number of nitrogens with one attached hydrogen (secondary N) is 1. The van der Waals surface area contributed by atoms with Gasteiger partial charge in [0, 0.05) is 11.6 Å². The van der Waals surface area contributed by atoms with E-state index in [1.54, 1.807) is 12.1 Å². The van der Waals surface area contributed by atoms with Crippen molar-refractivity contribution in [1.29, 1.82) is 0 Å². The first-order chi connectivity index (χ1) is 12.4. The van der Waals surface area contributed by atoms with Gasteiger partial charge in [0.05, 0.1) is 5.75 Å². The second kappa shape index (κ2) is 9.37. The number of halogens is 2. The third-order valence-corrected chi connectivity index (χ3v) is 4.63. The van der Waals surface area contributed by atoms with Crippen molar-refractivity contribution < 1.29 is 18.3 Å². The van der Waals surface area contributed by atoms with Gasteiger partial charge < -0.3 is 15.9 Å². The van der Waals surface area contributed by atoms with Crippen molar-refractivity contribution >= 4 is 17.7 Å². The Morgan fingerprint density at radius 1 is 1.27 bits per heavy atom. The molecule has 3 N–H and O–H groups in total. The summed E-state index contributed by atoms with van der Waals surface area (Å²) < 4.78 is 29.9. The van der Waals surface area contributed by atoms with Crippen LogP contribution >= 0.6 is 11.8 Å². The quantitative estimate of drug-likeness (QED) is 0.509. The summed E-state index contributed by atoms with van der Waals surface area (Å²) >= 11 is 1.17. The van der Waals surface area contributed by atoms with Crippen LogP contribution in [0.1, 0.15) is 26.7 Å². The lowest BCUT2D eigenvalue weighted by atomic mass is 10.2. The van der Waals surface area contributed by atoms with Crippen LogP contribution in [0.2, 0.25) is 0 Å². The van der Waals surface area contributed by atoms with Crippen molar-refractivity contribution in [2.24, 2.45) is 0 Å². The highest BCUT2D eigenvalue weighted by Crippen LogP contribution is 2.24. The third-order valence-electron chi connectivity index (χ3n) is 3.69. The van der Waals surface area contributed by atoms with Crippen LogP contribution in [0.4, 0.5) is 8.78 Å². The van der Waals surface area contributed by atoms with Gasteiger partial charge >= 0.3 is 6.61 Å². The number of nitrogens with two attached hydrogens (primary N) is 1. The van der Waals surface area contributed by atoms with Gasteiger partial charge in [-0.25, -0.2) is 4.68 Å². The predicted molar refractivity (Wildman–Crippen MR) is 95.5 cm³/mol. The molecule has 7 nitrogen and oxygen atoms in total. The maximum Gasteiger partial charge on any atom is 0.387 e. The van der Waals surface area contributed by atoms with Gasteiger partial charge in [0.15, 0.2) is 5.82 Å². The molecule has 2 rings (SSSR count). The van der Waals surface area contributed by atoms with Crippen LogP contribution in [-0.2, 0) is 4.79 Å².